The number of allylic oxidation sites excluding steroid dienone is 8. The monoisotopic (exact) mass is 841 g/mol. The van der Waals surface area contributed by atoms with Crippen LogP contribution in [-0.4, -0.2) is 37.9 Å². The van der Waals surface area contributed by atoms with Crippen molar-refractivity contribution in [1.29, 1.82) is 0 Å². The van der Waals surface area contributed by atoms with Crippen LogP contribution in [0, 0.1) is 0 Å². The molecule has 0 aromatic carbocycles. The van der Waals surface area contributed by atoms with Gasteiger partial charge in [0.15, 0.2) is 6.10 Å². The summed E-state index contributed by atoms with van der Waals surface area (Å²) in [5, 5.41) is 0. The Morgan fingerprint density at radius 1 is 0.383 bits per heavy atom. The van der Waals surface area contributed by atoms with Crippen molar-refractivity contribution in [2.45, 2.75) is 271 Å². The predicted molar refractivity (Wildman–Crippen MR) is 261 cm³/mol. The highest BCUT2D eigenvalue weighted by Gasteiger charge is 2.17. The van der Waals surface area contributed by atoms with Gasteiger partial charge in [0.1, 0.15) is 6.61 Å². The molecule has 0 radical (unpaired) electrons. The molecular weight excluding hydrogens is 741 g/mol. The molecule has 5 heteroatoms. The van der Waals surface area contributed by atoms with Crippen molar-refractivity contribution in [3.05, 3.63) is 48.6 Å². The number of unbranched alkanes of at least 4 members (excludes halogenated alkanes) is 29. The van der Waals surface area contributed by atoms with Gasteiger partial charge in [-0.25, -0.2) is 0 Å². The normalized spacial score (nSPS) is 12.5. The van der Waals surface area contributed by atoms with Crippen LogP contribution in [-0.2, 0) is 23.8 Å². The smallest absolute Gasteiger partial charge is 0.306 e. The third-order valence-corrected chi connectivity index (χ3v) is 11.4. The first kappa shape index (κ1) is 57.9. The number of carbonyl (C=O) groups is 2. The summed E-state index contributed by atoms with van der Waals surface area (Å²) >= 11 is 0. The highest BCUT2D eigenvalue weighted by molar-refractivity contribution is 5.70. The number of hydrogen-bond acceptors (Lipinski definition) is 5. The van der Waals surface area contributed by atoms with E-state index in [-0.39, 0.29) is 25.2 Å². The largest absolute Gasteiger partial charge is 0.462 e. The molecule has 0 saturated carbocycles. The van der Waals surface area contributed by atoms with Gasteiger partial charge in [0.05, 0.1) is 6.61 Å². The maximum absolute atomic E-state index is 12.8. The van der Waals surface area contributed by atoms with Gasteiger partial charge in [-0.05, 0) is 57.8 Å². The summed E-state index contributed by atoms with van der Waals surface area (Å²) in [7, 11) is 0. The highest BCUT2D eigenvalue weighted by atomic mass is 16.6. The quantitative estimate of drug-likeness (QED) is 0.0347. The van der Waals surface area contributed by atoms with Crippen molar-refractivity contribution in [2.24, 2.45) is 0 Å². The van der Waals surface area contributed by atoms with E-state index in [1.807, 2.05) is 0 Å². The van der Waals surface area contributed by atoms with Crippen LogP contribution in [0.3, 0.4) is 0 Å². The van der Waals surface area contributed by atoms with Crippen molar-refractivity contribution in [2.75, 3.05) is 19.8 Å². The van der Waals surface area contributed by atoms with Crippen LogP contribution < -0.4 is 0 Å². The van der Waals surface area contributed by atoms with E-state index in [0.717, 1.165) is 77.0 Å². The molecule has 0 saturated heterocycles. The SMILES string of the molecule is CC/C=C\C/C=C\C/C=C\C/C=C\CCCCCOCC(COC(=O)CCCCCCCCCCCCCCCCC)OC(=O)CCCCCCCCCCCCCCC. The van der Waals surface area contributed by atoms with E-state index in [4.69, 9.17) is 14.2 Å². The molecule has 60 heavy (non-hydrogen) atoms. The molecule has 5 nitrogen and oxygen atoms in total. The number of rotatable bonds is 48. The Morgan fingerprint density at radius 3 is 1.18 bits per heavy atom. The molecule has 0 heterocycles. The molecule has 1 atom stereocenters. The summed E-state index contributed by atoms with van der Waals surface area (Å²) in [4.78, 5) is 25.4. The Labute approximate surface area is 373 Å². The second-order valence-corrected chi connectivity index (χ2v) is 17.4. The van der Waals surface area contributed by atoms with Gasteiger partial charge in [0, 0.05) is 19.4 Å². The lowest BCUT2D eigenvalue weighted by atomic mass is 10.0. The first-order valence-corrected chi connectivity index (χ1v) is 26.2. The van der Waals surface area contributed by atoms with Gasteiger partial charge in [-0.2, -0.15) is 0 Å². The van der Waals surface area contributed by atoms with Crippen LogP contribution in [0.15, 0.2) is 48.6 Å². The lowest BCUT2D eigenvalue weighted by molar-refractivity contribution is -0.163. The van der Waals surface area contributed by atoms with E-state index in [0.29, 0.717) is 19.4 Å². The Kier molecular flexibility index (Phi) is 49.4. The molecule has 0 aromatic heterocycles. The minimum Gasteiger partial charge on any atom is -0.462 e. The van der Waals surface area contributed by atoms with E-state index in [1.165, 1.54) is 154 Å². The van der Waals surface area contributed by atoms with Gasteiger partial charge in [0.25, 0.3) is 0 Å². The standard InChI is InChI=1S/C55H100O5/c1-4-7-10-13-16-19-22-25-27-29-32-35-38-41-44-47-50-58-51-53(60-55(57)49-46-43-40-37-34-30-24-21-18-15-12-9-6-3)52-59-54(56)48-45-42-39-36-33-31-28-26-23-20-17-14-11-8-5-2/h7,10,16,19,25,27,32,35,53H,4-6,8-9,11-15,17-18,20-24,26,28-31,33-34,36-52H2,1-3H3/b10-7-,19-16-,27-25-,35-32-. The first-order valence-electron chi connectivity index (χ1n) is 26.2. The number of ether oxygens (including phenoxy) is 3. The van der Waals surface area contributed by atoms with E-state index in [2.05, 4.69) is 69.4 Å². The van der Waals surface area contributed by atoms with Crippen LogP contribution in [0.25, 0.3) is 0 Å². The third kappa shape index (κ3) is 48.5. The molecule has 0 spiro atoms. The fraction of sp³-hybridized carbons (Fsp3) is 0.818. The molecular formula is C55H100O5. The molecule has 0 aliphatic carbocycles. The number of hydrogen-bond donors (Lipinski definition) is 0. The Hall–Kier alpha value is -2.14. The zero-order valence-corrected chi connectivity index (χ0v) is 40.2. The molecule has 350 valence electrons. The highest BCUT2D eigenvalue weighted by Crippen LogP contribution is 2.16. The van der Waals surface area contributed by atoms with Gasteiger partial charge in [-0.15, -0.1) is 0 Å². The van der Waals surface area contributed by atoms with Crippen LogP contribution in [0.4, 0.5) is 0 Å². The minimum absolute atomic E-state index is 0.0771. The van der Waals surface area contributed by atoms with Crippen LogP contribution >= 0.6 is 0 Å². The summed E-state index contributed by atoms with van der Waals surface area (Å²) in [5.74, 6) is -0.402. The Balaban J connectivity index is 4.29. The molecule has 0 aromatic rings. The van der Waals surface area contributed by atoms with Gasteiger partial charge in [-0.3, -0.25) is 9.59 Å². The number of esters is 2. The predicted octanol–water partition coefficient (Wildman–Crippen LogP) is 17.6. The number of carbonyl (C=O) groups excluding carboxylic acids is 2. The topological polar surface area (TPSA) is 61.8 Å². The molecule has 0 aliphatic rings. The third-order valence-electron chi connectivity index (χ3n) is 11.4. The fourth-order valence-corrected chi connectivity index (χ4v) is 7.50. The average Bonchev–Trinajstić information content (AvgIpc) is 3.25. The summed E-state index contributed by atoms with van der Waals surface area (Å²) in [6, 6.07) is 0. The van der Waals surface area contributed by atoms with Crippen molar-refractivity contribution in [3.8, 4) is 0 Å². The Morgan fingerprint density at radius 2 is 0.750 bits per heavy atom. The van der Waals surface area contributed by atoms with Crippen LogP contribution in [0.5, 0.6) is 0 Å². The van der Waals surface area contributed by atoms with Crippen LogP contribution in [0.1, 0.15) is 265 Å². The molecule has 0 amide bonds. The van der Waals surface area contributed by atoms with E-state index in [9.17, 15) is 9.59 Å². The van der Waals surface area contributed by atoms with E-state index in [1.54, 1.807) is 0 Å². The van der Waals surface area contributed by atoms with Crippen molar-refractivity contribution < 1.29 is 23.8 Å². The van der Waals surface area contributed by atoms with E-state index < -0.39 is 6.10 Å². The minimum atomic E-state index is -0.547. The summed E-state index contributed by atoms with van der Waals surface area (Å²) < 4.78 is 17.4. The zero-order valence-electron chi connectivity index (χ0n) is 40.2. The summed E-state index contributed by atoms with van der Waals surface area (Å²) in [6.45, 7) is 7.68. The first-order chi connectivity index (χ1) is 29.6. The molecule has 0 aliphatic heterocycles. The fourth-order valence-electron chi connectivity index (χ4n) is 7.50. The van der Waals surface area contributed by atoms with Crippen molar-refractivity contribution >= 4 is 11.9 Å². The van der Waals surface area contributed by atoms with Crippen molar-refractivity contribution in [1.82, 2.24) is 0 Å². The maximum atomic E-state index is 12.8. The van der Waals surface area contributed by atoms with Crippen molar-refractivity contribution in [3.63, 3.8) is 0 Å². The second-order valence-electron chi connectivity index (χ2n) is 17.4. The molecule has 0 bridgehead atoms. The second kappa shape index (κ2) is 51.2. The van der Waals surface area contributed by atoms with Gasteiger partial charge in [0.2, 0.25) is 0 Å². The zero-order chi connectivity index (χ0) is 43.5. The average molecular weight is 841 g/mol. The lowest BCUT2D eigenvalue weighted by Crippen LogP contribution is -2.30. The van der Waals surface area contributed by atoms with Gasteiger partial charge < -0.3 is 14.2 Å². The van der Waals surface area contributed by atoms with Crippen LogP contribution in [0.2, 0.25) is 0 Å². The molecule has 1 unspecified atom stereocenters. The molecule has 0 rings (SSSR count). The summed E-state index contributed by atoms with van der Waals surface area (Å²) in [6.07, 6.45) is 62.6. The van der Waals surface area contributed by atoms with Gasteiger partial charge in [-0.1, -0.05) is 243 Å². The maximum Gasteiger partial charge on any atom is 0.306 e. The lowest BCUT2D eigenvalue weighted by Gasteiger charge is -2.18. The summed E-state index contributed by atoms with van der Waals surface area (Å²) in [5.41, 5.74) is 0. The molecule has 0 N–H and O–H groups in total. The van der Waals surface area contributed by atoms with E-state index >= 15 is 0 Å². The molecule has 0 fully saturated rings. The Bertz CT molecular complexity index is 997. The van der Waals surface area contributed by atoms with Gasteiger partial charge >= 0.3 is 11.9 Å².